The Bertz CT molecular complexity index is 773. The lowest BCUT2D eigenvalue weighted by molar-refractivity contribution is 0.637. The first kappa shape index (κ1) is 14.0. The lowest BCUT2D eigenvalue weighted by atomic mass is 10.3. The van der Waals surface area contributed by atoms with Gasteiger partial charge in [0.05, 0.1) is 11.9 Å². The molecule has 0 aliphatic heterocycles. The third kappa shape index (κ3) is 2.51. The fourth-order valence-corrected chi connectivity index (χ4v) is 2.56. The Balaban J connectivity index is 2.13. The summed E-state index contributed by atoms with van der Waals surface area (Å²) in [5.41, 5.74) is 2.77. The van der Waals surface area contributed by atoms with Gasteiger partial charge in [-0.25, -0.2) is 9.97 Å². The monoisotopic (exact) mass is 304 g/mol. The molecule has 0 aliphatic rings. The summed E-state index contributed by atoms with van der Waals surface area (Å²) in [6.07, 6.45) is 3.57. The average Bonchev–Trinajstić information content (AvgIpc) is 3.03. The molecule has 3 aromatic rings. The van der Waals surface area contributed by atoms with Crippen molar-refractivity contribution in [2.75, 3.05) is 0 Å². The van der Waals surface area contributed by atoms with Gasteiger partial charge < -0.3 is 9.13 Å². The van der Waals surface area contributed by atoms with Crippen LogP contribution in [0, 0.1) is 6.92 Å². The Labute approximate surface area is 127 Å². The summed E-state index contributed by atoms with van der Waals surface area (Å²) in [5, 5.41) is 7.95. The third-order valence-corrected chi connectivity index (χ3v) is 3.64. The molecule has 0 aliphatic carbocycles. The summed E-state index contributed by atoms with van der Waals surface area (Å²) < 4.78 is 4.02. The highest BCUT2D eigenvalue weighted by Gasteiger charge is 2.18. The van der Waals surface area contributed by atoms with Crippen LogP contribution < -0.4 is 0 Å². The maximum atomic E-state index is 6.28. The Morgan fingerprint density at radius 3 is 2.90 bits per heavy atom. The molecule has 0 aromatic carbocycles. The molecule has 0 spiro atoms. The highest BCUT2D eigenvalue weighted by Crippen LogP contribution is 2.24. The lowest BCUT2D eigenvalue weighted by Gasteiger charge is -2.10. The fourth-order valence-electron chi connectivity index (χ4n) is 2.40. The van der Waals surface area contributed by atoms with Crippen molar-refractivity contribution in [1.29, 1.82) is 0 Å². The number of aryl methyl sites for hydroxylation is 2. The molecule has 1 unspecified atom stereocenters. The van der Waals surface area contributed by atoms with E-state index in [1.54, 1.807) is 6.33 Å². The van der Waals surface area contributed by atoms with Crippen molar-refractivity contribution in [3.63, 3.8) is 0 Å². The van der Waals surface area contributed by atoms with Gasteiger partial charge in [0.15, 0.2) is 11.5 Å². The van der Waals surface area contributed by atoms with Crippen LogP contribution in [0.3, 0.4) is 0 Å². The predicted molar refractivity (Wildman–Crippen MR) is 81.3 cm³/mol. The maximum absolute atomic E-state index is 6.28. The molecule has 1 atom stereocenters. The number of pyridine rings is 1. The molecule has 110 valence electrons. The molecule has 0 bridgehead atoms. The van der Waals surface area contributed by atoms with Crippen molar-refractivity contribution in [3.05, 3.63) is 35.8 Å². The Hall–Kier alpha value is -1.95. The van der Waals surface area contributed by atoms with Gasteiger partial charge in [0.1, 0.15) is 17.7 Å². The van der Waals surface area contributed by atoms with E-state index >= 15 is 0 Å². The van der Waals surface area contributed by atoms with Crippen LogP contribution in [0.4, 0.5) is 0 Å². The minimum atomic E-state index is -0.197. The molecule has 6 nitrogen and oxygen atoms in total. The normalized spacial score (nSPS) is 13.0. The molecule has 3 aromatic heterocycles. The van der Waals surface area contributed by atoms with Crippen LogP contribution in [-0.2, 0) is 13.1 Å². The zero-order valence-electron chi connectivity index (χ0n) is 12.3. The zero-order valence-corrected chi connectivity index (χ0v) is 13.0. The summed E-state index contributed by atoms with van der Waals surface area (Å²) in [4.78, 5) is 9.12. The van der Waals surface area contributed by atoms with Crippen LogP contribution in [0.5, 0.6) is 0 Å². The lowest BCUT2D eigenvalue weighted by Crippen LogP contribution is -2.11. The SMILES string of the molecule is CCn1cnnc1Cn1c(C(C)Cl)nc2cc(C)cnc21. The summed E-state index contributed by atoms with van der Waals surface area (Å²) in [7, 11) is 0. The van der Waals surface area contributed by atoms with Crippen molar-refractivity contribution in [3.8, 4) is 0 Å². The number of rotatable bonds is 4. The number of nitrogens with zero attached hydrogens (tertiary/aromatic N) is 6. The summed E-state index contributed by atoms with van der Waals surface area (Å²) in [5.74, 6) is 1.67. The number of halogens is 1. The van der Waals surface area contributed by atoms with E-state index in [1.165, 1.54) is 0 Å². The second kappa shape index (κ2) is 5.44. The van der Waals surface area contributed by atoms with Gasteiger partial charge in [0.25, 0.3) is 0 Å². The summed E-state index contributed by atoms with van der Waals surface area (Å²) in [6, 6.07) is 2.02. The van der Waals surface area contributed by atoms with Crippen LogP contribution in [0.1, 0.15) is 36.4 Å². The molecule has 3 heterocycles. The van der Waals surface area contributed by atoms with Gasteiger partial charge in [-0.1, -0.05) is 0 Å². The van der Waals surface area contributed by atoms with E-state index in [9.17, 15) is 0 Å². The highest BCUT2D eigenvalue weighted by atomic mass is 35.5. The fraction of sp³-hybridized carbons (Fsp3) is 0.429. The Morgan fingerprint density at radius 1 is 1.38 bits per heavy atom. The molecular weight excluding hydrogens is 288 g/mol. The standard InChI is InChI=1S/C14H17ClN6/c1-4-20-8-17-19-12(20)7-21-13(10(3)15)18-11-5-9(2)6-16-14(11)21/h5-6,8,10H,4,7H2,1-3H3. The van der Waals surface area contributed by atoms with Crippen LogP contribution in [0.2, 0.25) is 0 Å². The van der Waals surface area contributed by atoms with Gasteiger partial charge in [-0.3, -0.25) is 0 Å². The van der Waals surface area contributed by atoms with E-state index in [1.807, 2.05) is 35.2 Å². The van der Waals surface area contributed by atoms with E-state index in [0.29, 0.717) is 6.54 Å². The topological polar surface area (TPSA) is 61.4 Å². The second-order valence-corrected chi connectivity index (χ2v) is 5.72. The first-order chi connectivity index (χ1) is 10.1. The van der Waals surface area contributed by atoms with Gasteiger partial charge in [-0.2, -0.15) is 0 Å². The molecule has 21 heavy (non-hydrogen) atoms. The predicted octanol–water partition coefficient (Wildman–Crippen LogP) is 2.70. The van der Waals surface area contributed by atoms with Crippen molar-refractivity contribution >= 4 is 22.8 Å². The van der Waals surface area contributed by atoms with E-state index in [2.05, 4.69) is 27.1 Å². The minimum absolute atomic E-state index is 0.197. The number of aromatic nitrogens is 6. The Morgan fingerprint density at radius 2 is 2.19 bits per heavy atom. The zero-order chi connectivity index (χ0) is 15.0. The van der Waals surface area contributed by atoms with Crippen LogP contribution in [-0.4, -0.2) is 29.3 Å². The van der Waals surface area contributed by atoms with Crippen molar-refractivity contribution in [2.24, 2.45) is 0 Å². The molecule has 3 rings (SSSR count). The van der Waals surface area contributed by atoms with E-state index in [0.717, 1.165) is 34.9 Å². The minimum Gasteiger partial charge on any atom is -0.316 e. The van der Waals surface area contributed by atoms with E-state index in [4.69, 9.17) is 11.6 Å². The van der Waals surface area contributed by atoms with Gasteiger partial charge in [-0.05, 0) is 32.4 Å². The van der Waals surface area contributed by atoms with Gasteiger partial charge in [-0.15, -0.1) is 21.8 Å². The highest BCUT2D eigenvalue weighted by molar-refractivity contribution is 6.20. The summed E-state index contributed by atoms with van der Waals surface area (Å²) >= 11 is 6.28. The van der Waals surface area contributed by atoms with Gasteiger partial charge in [0, 0.05) is 12.7 Å². The quantitative estimate of drug-likeness (QED) is 0.695. The van der Waals surface area contributed by atoms with Crippen LogP contribution in [0.15, 0.2) is 18.6 Å². The number of hydrogen-bond donors (Lipinski definition) is 0. The molecular formula is C14H17ClN6. The molecule has 0 saturated carbocycles. The van der Waals surface area contributed by atoms with E-state index < -0.39 is 0 Å². The second-order valence-electron chi connectivity index (χ2n) is 5.06. The molecule has 0 saturated heterocycles. The molecule has 0 radical (unpaired) electrons. The number of fused-ring (bicyclic) bond motifs is 1. The third-order valence-electron chi connectivity index (χ3n) is 3.44. The number of alkyl halides is 1. The first-order valence-corrected chi connectivity index (χ1v) is 7.37. The summed E-state index contributed by atoms with van der Waals surface area (Å²) in [6.45, 7) is 7.37. The number of hydrogen-bond acceptors (Lipinski definition) is 4. The van der Waals surface area contributed by atoms with Crippen LogP contribution >= 0.6 is 11.6 Å². The Kier molecular flexibility index (Phi) is 3.63. The van der Waals surface area contributed by atoms with Crippen LogP contribution in [0.25, 0.3) is 11.2 Å². The maximum Gasteiger partial charge on any atom is 0.160 e. The van der Waals surface area contributed by atoms with Gasteiger partial charge in [0.2, 0.25) is 0 Å². The van der Waals surface area contributed by atoms with E-state index in [-0.39, 0.29) is 5.38 Å². The molecule has 0 N–H and O–H groups in total. The average molecular weight is 305 g/mol. The first-order valence-electron chi connectivity index (χ1n) is 6.93. The van der Waals surface area contributed by atoms with Gasteiger partial charge >= 0.3 is 0 Å². The smallest absolute Gasteiger partial charge is 0.160 e. The number of imidazole rings is 1. The molecule has 0 fully saturated rings. The van der Waals surface area contributed by atoms with Crippen molar-refractivity contribution in [2.45, 2.75) is 39.2 Å². The largest absolute Gasteiger partial charge is 0.316 e. The molecule has 7 heteroatoms. The van der Waals surface area contributed by atoms with Crippen molar-refractivity contribution < 1.29 is 0 Å². The van der Waals surface area contributed by atoms with Crippen molar-refractivity contribution in [1.82, 2.24) is 29.3 Å². The molecule has 0 amide bonds.